The second kappa shape index (κ2) is 8.43. The van der Waals surface area contributed by atoms with Crippen molar-refractivity contribution >= 4 is 16.1 Å². The average molecular weight is 440 g/mol. The van der Waals surface area contributed by atoms with Gasteiger partial charge in [-0.1, -0.05) is 13.8 Å². The Bertz CT molecular complexity index is 621. The van der Waals surface area contributed by atoms with Gasteiger partial charge in [0.15, 0.2) is 0 Å². The van der Waals surface area contributed by atoms with E-state index in [-0.39, 0.29) is 0 Å². The molecule has 15 heteroatoms. The van der Waals surface area contributed by atoms with Gasteiger partial charge in [0.05, 0.1) is 12.5 Å². The van der Waals surface area contributed by atoms with E-state index in [1.54, 1.807) is 6.92 Å². The molecule has 0 fully saturated rings. The highest BCUT2D eigenvalue weighted by molar-refractivity contribution is 7.86. The number of alkyl halides is 8. The highest BCUT2D eigenvalue weighted by atomic mass is 32.2. The van der Waals surface area contributed by atoms with E-state index in [1.807, 2.05) is 0 Å². The van der Waals surface area contributed by atoms with Crippen LogP contribution in [0.15, 0.2) is 0 Å². The van der Waals surface area contributed by atoms with Crippen LogP contribution in [-0.2, 0) is 24.4 Å². The number of esters is 1. The van der Waals surface area contributed by atoms with Crippen LogP contribution in [0.5, 0.6) is 0 Å². The first-order chi connectivity index (χ1) is 11.8. The fourth-order valence-corrected chi connectivity index (χ4v) is 1.71. The second-order valence-electron chi connectivity index (χ2n) is 5.41. The molecule has 27 heavy (non-hydrogen) atoms. The number of carbonyl (C=O) groups is 1. The van der Waals surface area contributed by atoms with Gasteiger partial charge in [-0.2, -0.15) is 43.5 Å². The molecule has 1 unspecified atom stereocenters. The van der Waals surface area contributed by atoms with E-state index in [9.17, 15) is 48.3 Å². The molecule has 0 saturated heterocycles. The number of hydrogen-bond acceptors (Lipinski definition) is 5. The molecule has 1 atom stereocenters. The Morgan fingerprint density at radius 1 is 1.04 bits per heavy atom. The van der Waals surface area contributed by atoms with E-state index >= 15 is 0 Å². The summed E-state index contributed by atoms with van der Waals surface area (Å²) < 4.78 is 139. The zero-order valence-electron chi connectivity index (χ0n) is 13.8. The van der Waals surface area contributed by atoms with Crippen molar-refractivity contribution in [3.8, 4) is 0 Å². The highest BCUT2D eigenvalue weighted by Crippen LogP contribution is 2.47. The highest BCUT2D eigenvalue weighted by Gasteiger charge is 2.73. The van der Waals surface area contributed by atoms with Crippen LogP contribution >= 0.6 is 0 Å². The molecule has 0 rings (SSSR count). The molecule has 0 amide bonds. The summed E-state index contributed by atoms with van der Waals surface area (Å²) in [6.45, 7) is 2.23. The molecular formula is C12H16F8O6S. The van der Waals surface area contributed by atoms with Crippen LogP contribution in [0.3, 0.4) is 0 Å². The van der Waals surface area contributed by atoms with Crippen molar-refractivity contribution in [3.05, 3.63) is 0 Å². The van der Waals surface area contributed by atoms with Gasteiger partial charge in [-0.25, -0.2) is 4.74 Å². The largest absolute Gasteiger partial charge is 0.465 e. The molecule has 0 aromatic rings. The Labute approximate surface area is 148 Å². The lowest BCUT2D eigenvalue weighted by Crippen LogP contribution is -2.55. The van der Waals surface area contributed by atoms with Crippen molar-refractivity contribution < 1.29 is 62.4 Å². The Kier molecular flexibility index (Phi) is 8.05. The Balaban J connectivity index is 5.05. The van der Waals surface area contributed by atoms with Crippen molar-refractivity contribution in [2.75, 3.05) is 6.61 Å². The summed E-state index contributed by atoms with van der Waals surface area (Å²) in [5.74, 6) is -6.91. The Morgan fingerprint density at radius 2 is 1.52 bits per heavy atom. The van der Waals surface area contributed by atoms with Crippen LogP contribution < -0.4 is 0 Å². The molecular weight excluding hydrogens is 424 g/mol. The van der Waals surface area contributed by atoms with E-state index < -0.39 is 64.8 Å². The predicted molar refractivity (Wildman–Crippen MR) is 72.1 cm³/mol. The third-order valence-electron chi connectivity index (χ3n) is 3.24. The topological polar surface area (TPSA) is 89.9 Å². The summed E-state index contributed by atoms with van der Waals surface area (Å²) in [7, 11) is -6.96. The van der Waals surface area contributed by atoms with Crippen molar-refractivity contribution in [2.45, 2.75) is 56.5 Å². The maximum Gasteiger partial charge on any atom is 0.460 e. The third kappa shape index (κ3) is 6.14. The van der Waals surface area contributed by atoms with Crippen molar-refractivity contribution in [2.24, 2.45) is 5.92 Å². The lowest BCUT2D eigenvalue weighted by molar-refractivity contribution is -0.456. The van der Waals surface area contributed by atoms with Gasteiger partial charge in [-0.3, -0.25) is 9.35 Å². The first-order valence-electron chi connectivity index (χ1n) is 7.17. The van der Waals surface area contributed by atoms with E-state index in [1.165, 1.54) is 6.92 Å². The van der Waals surface area contributed by atoms with Crippen LogP contribution in [0.4, 0.5) is 35.1 Å². The van der Waals surface area contributed by atoms with Crippen LogP contribution in [0.2, 0.25) is 0 Å². The molecule has 0 spiro atoms. The normalized spacial score (nSPS) is 15.5. The quantitative estimate of drug-likeness (QED) is 0.228. The molecule has 0 aromatic heterocycles. The number of rotatable bonds is 11. The van der Waals surface area contributed by atoms with Gasteiger partial charge in [0.1, 0.15) is 0 Å². The summed E-state index contributed by atoms with van der Waals surface area (Å²) >= 11 is 0. The molecule has 0 aliphatic rings. The van der Waals surface area contributed by atoms with E-state index in [0.29, 0.717) is 6.42 Å². The minimum Gasteiger partial charge on any atom is -0.465 e. The Hall–Kier alpha value is -1.22. The van der Waals surface area contributed by atoms with Crippen LogP contribution in [0, 0.1) is 5.92 Å². The Morgan fingerprint density at radius 3 is 1.93 bits per heavy atom. The van der Waals surface area contributed by atoms with Gasteiger partial charge in [0.2, 0.25) is 0 Å². The van der Waals surface area contributed by atoms with Gasteiger partial charge in [0.25, 0.3) is 0 Å². The van der Waals surface area contributed by atoms with Gasteiger partial charge >= 0.3 is 39.5 Å². The first kappa shape index (κ1) is 25.8. The fraction of sp³-hybridized carbons (Fsp3) is 0.917. The van der Waals surface area contributed by atoms with E-state index in [2.05, 4.69) is 9.47 Å². The van der Waals surface area contributed by atoms with Crippen molar-refractivity contribution in [3.63, 3.8) is 0 Å². The third-order valence-corrected chi connectivity index (χ3v) is 4.12. The number of halogens is 8. The summed E-state index contributed by atoms with van der Waals surface area (Å²) in [5, 5.41) is -6.62. The summed E-state index contributed by atoms with van der Waals surface area (Å²) in [4.78, 5) is 11.2. The summed E-state index contributed by atoms with van der Waals surface area (Å²) in [6, 6.07) is 0. The van der Waals surface area contributed by atoms with Gasteiger partial charge in [0, 0.05) is 6.42 Å². The molecule has 0 radical (unpaired) electrons. The zero-order valence-corrected chi connectivity index (χ0v) is 14.6. The van der Waals surface area contributed by atoms with Gasteiger partial charge in [-0.05, 0) is 12.8 Å². The number of hydrogen-bond donors (Lipinski definition) is 1. The molecule has 1 N–H and O–H groups in total. The molecule has 0 aliphatic heterocycles. The minimum absolute atomic E-state index is 0.331. The lowest BCUT2D eigenvalue weighted by Gasteiger charge is -2.31. The fourth-order valence-electron chi connectivity index (χ4n) is 1.37. The second-order valence-corrected chi connectivity index (χ2v) is 6.88. The van der Waals surface area contributed by atoms with Crippen molar-refractivity contribution in [1.82, 2.24) is 0 Å². The standard InChI is InChI=1S/C12H16F8O6S/c1-3-7(2)8(21)25-6-4-5-9(13,14)10(15,16)26-11(17,18)12(19,20)27(22,23)24/h7H,3-6H2,1-2H3,(H,22,23,24). The monoisotopic (exact) mass is 440 g/mol. The van der Waals surface area contributed by atoms with E-state index in [0.717, 1.165) is 0 Å². The van der Waals surface area contributed by atoms with Crippen LogP contribution in [0.25, 0.3) is 0 Å². The van der Waals surface area contributed by atoms with Gasteiger partial charge in [-0.15, -0.1) is 0 Å². The number of carbonyl (C=O) groups excluding carboxylic acids is 1. The molecule has 162 valence electrons. The average Bonchev–Trinajstić information content (AvgIpc) is 2.47. The van der Waals surface area contributed by atoms with E-state index in [4.69, 9.17) is 4.55 Å². The molecule has 6 nitrogen and oxygen atoms in total. The predicted octanol–water partition coefficient (Wildman–Crippen LogP) is 3.67. The van der Waals surface area contributed by atoms with Crippen molar-refractivity contribution in [1.29, 1.82) is 0 Å². The maximum atomic E-state index is 13.4. The first-order valence-corrected chi connectivity index (χ1v) is 8.61. The summed E-state index contributed by atoms with van der Waals surface area (Å²) in [6.07, 6.45) is -15.5. The van der Waals surface area contributed by atoms with Gasteiger partial charge < -0.3 is 4.74 Å². The molecule has 0 aromatic carbocycles. The molecule has 0 saturated carbocycles. The molecule has 0 bridgehead atoms. The lowest BCUT2D eigenvalue weighted by atomic mass is 10.1. The molecule has 0 heterocycles. The maximum absolute atomic E-state index is 13.4. The van der Waals surface area contributed by atoms with Crippen LogP contribution in [-0.4, -0.2) is 48.9 Å². The smallest absolute Gasteiger partial charge is 0.460 e. The zero-order chi connectivity index (χ0) is 21.9. The number of ether oxygens (including phenoxy) is 2. The summed E-state index contributed by atoms with van der Waals surface area (Å²) in [5.41, 5.74) is 0. The minimum atomic E-state index is -6.96. The van der Waals surface area contributed by atoms with Crippen LogP contribution in [0.1, 0.15) is 33.1 Å². The molecule has 0 aliphatic carbocycles. The SMILES string of the molecule is CCC(C)C(=O)OCCCC(F)(F)C(F)(F)OC(F)(F)C(F)(F)S(=O)(=O)O.